The van der Waals surface area contributed by atoms with Crippen molar-refractivity contribution < 1.29 is 9.59 Å². The molecule has 1 fully saturated rings. The number of hydrogen-bond acceptors (Lipinski definition) is 5. The number of rotatable bonds is 9. The summed E-state index contributed by atoms with van der Waals surface area (Å²) < 4.78 is 2.61. The lowest BCUT2D eigenvalue weighted by molar-refractivity contribution is 0.0954. The molecular formula is C34H33BrN4O3S. The molecule has 1 aromatic heterocycles. The number of amides is 2. The van der Waals surface area contributed by atoms with Crippen LogP contribution in [0.1, 0.15) is 44.3 Å². The number of pyridine rings is 1. The standard InChI is InChI=1S/C34H33BrN4O3S/c35-28-10-5-4-9-27(28)34(42)37-29-18-25(33(41)36-15-16-43-22-23-7-2-1-3-8-23)13-14-31(29)38-19-24-17-26(21-38)30-11-6-12-32(40)39(30)20-24/h1-14,18,24,26H,15-17,19-22H2,(H,36,41)(H,37,42)/t24-,26+/m1/s1. The minimum Gasteiger partial charge on any atom is -0.369 e. The molecule has 0 radical (unpaired) electrons. The van der Waals surface area contributed by atoms with Gasteiger partial charge in [0, 0.05) is 65.4 Å². The molecular weight excluding hydrogens is 624 g/mol. The zero-order valence-electron chi connectivity index (χ0n) is 23.7. The van der Waals surface area contributed by atoms with E-state index in [-0.39, 0.29) is 23.3 Å². The average Bonchev–Trinajstić information content (AvgIpc) is 3.02. The van der Waals surface area contributed by atoms with Gasteiger partial charge in [0.2, 0.25) is 0 Å². The molecule has 43 heavy (non-hydrogen) atoms. The first-order valence-electron chi connectivity index (χ1n) is 14.5. The van der Waals surface area contributed by atoms with Crippen molar-refractivity contribution in [3.05, 3.63) is 128 Å². The van der Waals surface area contributed by atoms with Crippen molar-refractivity contribution in [2.45, 2.75) is 24.6 Å². The van der Waals surface area contributed by atoms with Gasteiger partial charge in [0.15, 0.2) is 0 Å². The van der Waals surface area contributed by atoms with E-state index in [1.54, 1.807) is 30.0 Å². The maximum atomic E-state index is 13.4. The summed E-state index contributed by atoms with van der Waals surface area (Å²) in [4.78, 5) is 41.4. The number of nitrogens with zero attached hydrogens (tertiary/aromatic N) is 2. The molecule has 0 unspecified atom stereocenters. The van der Waals surface area contributed by atoms with Crippen LogP contribution < -0.4 is 21.1 Å². The largest absolute Gasteiger partial charge is 0.369 e. The fourth-order valence-electron chi connectivity index (χ4n) is 6.08. The van der Waals surface area contributed by atoms with E-state index < -0.39 is 0 Å². The lowest BCUT2D eigenvalue weighted by Gasteiger charge is -2.44. The van der Waals surface area contributed by atoms with Crippen LogP contribution in [-0.2, 0) is 12.3 Å². The third kappa shape index (κ3) is 6.73. The molecule has 220 valence electrons. The second-order valence-corrected chi connectivity index (χ2v) is 13.0. The van der Waals surface area contributed by atoms with Gasteiger partial charge in [-0.2, -0.15) is 11.8 Å². The summed E-state index contributed by atoms with van der Waals surface area (Å²) in [5.41, 5.74) is 4.85. The van der Waals surface area contributed by atoms with Crippen molar-refractivity contribution in [3.63, 3.8) is 0 Å². The molecule has 9 heteroatoms. The first-order valence-corrected chi connectivity index (χ1v) is 16.5. The molecule has 0 aliphatic carbocycles. The van der Waals surface area contributed by atoms with Crippen LogP contribution in [0.3, 0.4) is 0 Å². The van der Waals surface area contributed by atoms with Gasteiger partial charge in [-0.15, -0.1) is 0 Å². The van der Waals surface area contributed by atoms with Gasteiger partial charge in [0.25, 0.3) is 17.4 Å². The molecule has 7 nitrogen and oxygen atoms in total. The summed E-state index contributed by atoms with van der Waals surface area (Å²) in [5, 5.41) is 6.13. The Balaban J connectivity index is 1.21. The van der Waals surface area contributed by atoms with Gasteiger partial charge in [-0.05, 0) is 70.2 Å². The first kappa shape index (κ1) is 29.3. The molecule has 2 bridgehead atoms. The van der Waals surface area contributed by atoms with Gasteiger partial charge in [-0.3, -0.25) is 14.4 Å². The summed E-state index contributed by atoms with van der Waals surface area (Å²) in [6, 6.07) is 28.6. The Labute approximate surface area is 263 Å². The third-order valence-electron chi connectivity index (χ3n) is 8.09. The normalized spacial score (nSPS) is 17.2. The Morgan fingerprint density at radius 1 is 0.884 bits per heavy atom. The Hall–Kier alpha value is -3.82. The lowest BCUT2D eigenvalue weighted by Crippen LogP contribution is -2.47. The van der Waals surface area contributed by atoms with Gasteiger partial charge in [0.1, 0.15) is 0 Å². The second kappa shape index (κ2) is 13.2. The number of carbonyl (C=O) groups excluding carboxylic acids is 2. The van der Waals surface area contributed by atoms with Crippen molar-refractivity contribution in [1.29, 1.82) is 0 Å². The molecule has 2 aliphatic rings. The summed E-state index contributed by atoms with van der Waals surface area (Å²) in [7, 11) is 0. The highest BCUT2D eigenvalue weighted by atomic mass is 79.9. The van der Waals surface area contributed by atoms with E-state index in [0.29, 0.717) is 40.3 Å². The molecule has 1 saturated heterocycles. The van der Waals surface area contributed by atoms with E-state index in [2.05, 4.69) is 43.6 Å². The molecule has 4 aromatic rings. The number of aromatic nitrogens is 1. The molecule has 0 saturated carbocycles. The van der Waals surface area contributed by atoms with Crippen LogP contribution in [0.25, 0.3) is 0 Å². The predicted octanol–water partition coefficient (Wildman–Crippen LogP) is 6.15. The summed E-state index contributed by atoms with van der Waals surface area (Å²) >= 11 is 5.26. The van der Waals surface area contributed by atoms with E-state index in [0.717, 1.165) is 42.4 Å². The number of halogens is 1. The molecule has 6 rings (SSSR count). The van der Waals surface area contributed by atoms with E-state index in [4.69, 9.17) is 0 Å². The highest BCUT2D eigenvalue weighted by Gasteiger charge is 2.35. The van der Waals surface area contributed by atoms with Crippen LogP contribution in [0.5, 0.6) is 0 Å². The van der Waals surface area contributed by atoms with Crippen LogP contribution in [0.15, 0.2) is 100 Å². The van der Waals surface area contributed by atoms with Crippen LogP contribution in [0.4, 0.5) is 11.4 Å². The molecule has 3 aromatic carbocycles. The van der Waals surface area contributed by atoms with Gasteiger partial charge in [0.05, 0.1) is 16.9 Å². The third-order valence-corrected chi connectivity index (χ3v) is 9.81. The maximum Gasteiger partial charge on any atom is 0.256 e. The van der Waals surface area contributed by atoms with Crippen LogP contribution >= 0.6 is 27.7 Å². The zero-order chi connectivity index (χ0) is 29.8. The molecule has 3 heterocycles. The number of hydrogen-bond donors (Lipinski definition) is 2. The summed E-state index contributed by atoms with van der Waals surface area (Å²) in [6.45, 7) is 2.72. The quantitative estimate of drug-likeness (QED) is 0.211. The number of carbonyl (C=O) groups is 2. The minimum absolute atomic E-state index is 0.0517. The lowest BCUT2D eigenvalue weighted by atomic mass is 9.83. The Kier molecular flexibility index (Phi) is 9.00. The predicted molar refractivity (Wildman–Crippen MR) is 177 cm³/mol. The Morgan fingerprint density at radius 2 is 1.70 bits per heavy atom. The summed E-state index contributed by atoms with van der Waals surface area (Å²) in [6.07, 6.45) is 1.03. The highest BCUT2D eigenvalue weighted by Crippen LogP contribution is 2.39. The van der Waals surface area contributed by atoms with Crippen molar-refractivity contribution in [1.82, 2.24) is 9.88 Å². The molecule has 2 atom stereocenters. The number of anilines is 2. The molecule has 2 aliphatic heterocycles. The smallest absolute Gasteiger partial charge is 0.256 e. The van der Waals surface area contributed by atoms with E-state index in [1.165, 1.54) is 5.56 Å². The van der Waals surface area contributed by atoms with Crippen molar-refractivity contribution in [3.8, 4) is 0 Å². The minimum atomic E-state index is -0.252. The van der Waals surface area contributed by atoms with Gasteiger partial charge >= 0.3 is 0 Å². The van der Waals surface area contributed by atoms with E-state index in [9.17, 15) is 14.4 Å². The Bertz CT molecular complexity index is 1690. The summed E-state index contributed by atoms with van der Waals surface area (Å²) in [5.74, 6) is 1.79. The number of nitrogens with one attached hydrogen (secondary N) is 2. The van der Waals surface area contributed by atoms with Crippen LogP contribution in [-0.4, -0.2) is 41.8 Å². The van der Waals surface area contributed by atoms with Crippen LogP contribution in [0.2, 0.25) is 0 Å². The molecule has 0 spiro atoms. The fourth-order valence-corrected chi connectivity index (χ4v) is 7.37. The fraction of sp³-hybridized carbons (Fsp3) is 0.265. The monoisotopic (exact) mass is 656 g/mol. The first-order chi connectivity index (χ1) is 21.0. The highest BCUT2D eigenvalue weighted by molar-refractivity contribution is 9.10. The van der Waals surface area contributed by atoms with Crippen LogP contribution in [0, 0.1) is 5.92 Å². The Morgan fingerprint density at radius 3 is 2.53 bits per heavy atom. The van der Waals surface area contributed by atoms with E-state index >= 15 is 0 Å². The topological polar surface area (TPSA) is 83.4 Å². The van der Waals surface area contributed by atoms with E-state index in [1.807, 2.05) is 65.2 Å². The average molecular weight is 658 g/mol. The SMILES string of the molecule is O=C(NCCSCc1ccccc1)c1ccc(N2C[C@H]3C[C@@H](C2)c2cccc(=O)n2C3)c(NC(=O)c2ccccc2Br)c1. The number of fused-ring (bicyclic) bond motifs is 4. The maximum absolute atomic E-state index is 13.4. The van der Waals surface area contributed by atoms with Crippen molar-refractivity contribution in [2.24, 2.45) is 5.92 Å². The van der Waals surface area contributed by atoms with Gasteiger partial charge in [-0.25, -0.2) is 0 Å². The number of thioether (sulfide) groups is 1. The molecule has 2 amide bonds. The van der Waals surface area contributed by atoms with Crippen molar-refractivity contribution in [2.75, 3.05) is 35.6 Å². The number of piperidine rings is 1. The zero-order valence-corrected chi connectivity index (χ0v) is 26.1. The van der Waals surface area contributed by atoms with Gasteiger partial charge < -0.3 is 20.1 Å². The number of benzene rings is 3. The molecule has 2 N–H and O–H groups in total. The van der Waals surface area contributed by atoms with Gasteiger partial charge in [-0.1, -0.05) is 48.5 Å². The van der Waals surface area contributed by atoms with Crippen molar-refractivity contribution >= 4 is 50.9 Å². The second-order valence-electron chi connectivity index (χ2n) is 11.1.